The summed E-state index contributed by atoms with van der Waals surface area (Å²) in [6.07, 6.45) is 0. The smallest absolute Gasteiger partial charge is 0.161 e. The maximum Gasteiger partial charge on any atom is 0.161 e. The van der Waals surface area contributed by atoms with Crippen LogP contribution in [0.2, 0.25) is 0 Å². The monoisotopic (exact) mass is 287 g/mol. The summed E-state index contributed by atoms with van der Waals surface area (Å²) in [5.41, 5.74) is 7.23. The summed E-state index contributed by atoms with van der Waals surface area (Å²) in [5.74, 6) is 2.31. The van der Waals surface area contributed by atoms with Gasteiger partial charge >= 0.3 is 0 Å². The second kappa shape index (κ2) is 6.92. The zero-order valence-electron chi connectivity index (χ0n) is 12.7. The lowest BCUT2D eigenvalue weighted by molar-refractivity contribution is 0.248. The Morgan fingerprint density at radius 1 is 1.05 bits per heavy atom. The fourth-order valence-corrected chi connectivity index (χ4v) is 1.81. The molecule has 0 fully saturated rings. The first-order valence-electron chi connectivity index (χ1n) is 7.09. The summed E-state index contributed by atoms with van der Waals surface area (Å²) < 4.78 is 11.4. The highest BCUT2D eigenvalue weighted by Crippen LogP contribution is 2.32. The fourth-order valence-electron chi connectivity index (χ4n) is 1.81. The van der Waals surface area contributed by atoms with E-state index in [1.807, 2.05) is 31.2 Å². The Balaban J connectivity index is 2.30. The Hall–Kier alpha value is -2.30. The predicted octanol–water partition coefficient (Wildman–Crippen LogP) is 3.16. The zero-order chi connectivity index (χ0) is 15.2. The molecule has 5 nitrogen and oxygen atoms in total. The molecule has 21 heavy (non-hydrogen) atoms. The van der Waals surface area contributed by atoms with Crippen molar-refractivity contribution in [3.05, 3.63) is 30.3 Å². The Morgan fingerprint density at radius 2 is 1.86 bits per heavy atom. The first-order valence-corrected chi connectivity index (χ1v) is 7.09. The second-order valence-electron chi connectivity index (χ2n) is 5.14. The lowest BCUT2D eigenvalue weighted by atomic mass is 10.1. The van der Waals surface area contributed by atoms with E-state index in [2.05, 4.69) is 24.0 Å². The van der Waals surface area contributed by atoms with Gasteiger partial charge in [0.05, 0.1) is 18.9 Å². The average molecular weight is 287 g/mol. The minimum atomic E-state index is 0.404. The minimum Gasteiger partial charge on any atom is -0.490 e. The molecule has 0 atom stereocenters. The van der Waals surface area contributed by atoms with Crippen molar-refractivity contribution in [2.75, 3.05) is 18.9 Å². The van der Waals surface area contributed by atoms with Crippen molar-refractivity contribution in [1.29, 1.82) is 0 Å². The van der Waals surface area contributed by atoms with Gasteiger partial charge in [-0.3, -0.25) is 0 Å². The molecule has 1 aromatic carbocycles. The van der Waals surface area contributed by atoms with E-state index in [1.165, 1.54) is 0 Å². The lowest BCUT2D eigenvalue weighted by Gasteiger charge is -2.14. The van der Waals surface area contributed by atoms with Crippen LogP contribution in [-0.2, 0) is 0 Å². The van der Waals surface area contributed by atoms with Gasteiger partial charge < -0.3 is 15.2 Å². The van der Waals surface area contributed by atoms with Gasteiger partial charge in [0.1, 0.15) is 5.82 Å². The summed E-state index contributed by atoms with van der Waals surface area (Å²) in [5, 5.41) is 7.96. The Morgan fingerprint density at radius 3 is 2.48 bits per heavy atom. The van der Waals surface area contributed by atoms with Crippen molar-refractivity contribution < 1.29 is 9.47 Å². The third-order valence-electron chi connectivity index (χ3n) is 2.80. The van der Waals surface area contributed by atoms with Crippen LogP contribution in [0.1, 0.15) is 20.8 Å². The van der Waals surface area contributed by atoms with Crippen LogP contribution in [0.15, 0.2) is 30.3 Å². The van der Waals surface area contributed by atoms with E-state index in [0.717, 1.165) is 22.8 Å². The van der Waals surface area contributed by atoms with E-state index in [4.69, 9.17) is 15.2 Å². The SMILES string of the molecule is CCOc1ccc(-c2ccc(N)nn2)cc1OCC(C)C. The van der Waals surface area contributed by atoms with E-state index < -0.39 is 0 Å². The molecule has 112 valence electrons. The minimum absolute atomic E-state index is 0.404. The maximum absolute atomic E-state index is 5.84. The summed E-state index contributed by atoms with van der Waals surface area (Å²) in [4.78, 5) is 0. The summed E-state index contributed by atoms with van der Waals surface area (Å²) in [7, 11) is 0. The molecule has 2 N–H and O–H groups in total. The van der Waals surface area contributed by atoms with Gasteiger partial charge in [0.25, 0.3) is 0 Å². The number of ether oxygens (including phenoxy) is 2. The van der Waals surface area contributed by atoms with E-state index in [9.17, 15) is 0 Å². The van der Waals surface area contributed by atoms with Crippen LogP contribution >= 0.6 is 0 Å². The number of benzene rings is 1. The number of hydrogen-bond acceptors (Lipinski definition) is 5. The number of nitrogen functional groups attached to an aromatic ring is 1. The van der Waals surface area contributed by atoms with Crippen LogP contribution in [0.25, 0.3) is 11.3 Å². The van der Waals surface area contributed by atoms with Crippen LogP contribution < -0.4 is 15.2 Å². The quantitative estimate of drug-likeness (QED) is 0.883. The number of nitrogens with two attached hydrogens (primary N) is 1. The molecule has 2 rings (SSSR count). The maximum atomic E-state index is 5.84. The van der Waals surface area contributed by atoms with Gasteiger partial charge in [-0.1, -0.05) is 13.8 Å². The molecule has 1 heterocycles. The molecule has 5 heteroatoms. The molecule has 0 saturated heterocycles. The second-order valence-corrected chi connectivity index (χ2v) is 5.14. The van der Waals surface area contributed by atoms with Gasteiger partial charge in [0, 0.05) is 5.56 Å². The number of rotatable bonds is 6. The Kier molecular flexibility index (Phi) is 4.98. The van der Waals surface area contributed by atoms with Gasteiger partial charge in [0.15, 0.2) is 11.5 Å². The third-order valence-corrected chi connectivity index (χ3v) is 2.80. The van der Waals surface area contributed by atoms with Crippen molar-refractivity contribution in [2.45, 2.75) is 20.8 Å². The van der Waals surface area contributed by atoms with Gasteiger partial charge in [-0.25, -0.2) is 0 Å². The molecule has 0 aliphatic heterocycles. The summed E-state index contributed by atoms with van der Waals surface area (Å²) >= 11 is 0. The Bertz CT molecular complexity index is 583. The highest BCUT2D eigenvalue weighted by molar-refractivity contribution is 5.64. The van der Waals surface area contributed by atoms with Crippen LogP contribution in [0, 0.1) is 5.92 Å². The molecule has 0 bridgehead atoms. The molecule has 0 spiro atoms. The van der Waals surface area contributed by atoms with E-state index in [-0.39, 0.29) is 0 Å². The average Bonchev–Trinajstić information content (AvgIpc) is 2.47. The molecule has 0 saturated carbocycles. The third kappa shape index (κ3) is 4.08. The summed E-state index contributed by atoms with van der Waals surface area (Å²) in [6.45, 7) is 7.40. The fraction of sp³-hybridized carbons (Fsp3) is 0.375. The predicted molar refractivity (Wildman–Crippen MR) is 83.4 cm³/mol. The lowest BCUT2D eigenvalue weighted by Crippen LogP contribution is -2.06. The highest BCUT2D eigenvalue weighted by atomic mass is 16.5. The van der Waals surface area contributed by atoms with Gasteiger partial charge in [-0.05, 0) is 43.2 Å². The number of anilines is 1. The molecule has 0 aliphatic rings. The molecule has 0 unspecified atom stereocenters. The molecule has 0 aliphatic carbocycles. The van der Waals surface area contributed by atoms with Gasteiger partial charge in [-0.2, -0.15) is 0 Å². The molecule has 2 aromatic rings. The van der Waals surface area contributed by atoms with Crippen molar-refractivity contribution in [1.82, 2.24) is 10.2 Å². The Labute approximate surface area is 125 Å². The zero-order valence-corrected chi connectivity index (χ0v) is 12.7. The van der Waals surface area contributed by atoms with Crippen LogP contribution in [0.5, 0.6) is 11.5 Å². The van der Waals surface area contributed by atoms with Crippen molar-refractivity contribution in [2.24, 2.45) is 5.92 Å². The van der Waals surface area contributed by atoms with Crippen molar-refractivity contribution >= 4 is 5.82 Å². The molecular formula is C16H21N3O2. The van der Waals surface area contributed by atoms with Crippen LogP contribution in [-0.4, -0.2) is 23.4 Å². The highest BCUT2D eigenvalue weighted by Gasteiger charge is 2.10. The number of nitrogens with zero attached hydrogens (tertiary/aromatic N) is 2. The number of aromatic nitrogens is 2. The molecule has 0 amide bonds. The largest absolute Gasteiger partial charge is 0.490 e. The van der Waals surface area contributed by atoms with Gasteiger partial charge in [0.2, 0.25) is 0 Å². The summed E-state index contributed by atoms with van der Waals surface area (Å²) in [6, 6.07) is 9.32. The van der Waals surface area contributed by atoms with Crippen LogP contribution in [0.4, 0.5) is 5.82 Å². The standard InChI is InChI=1S/C16H21N3O2/c1-4-20-14-7-5-12(9-15(14)21-10-11(2)3)13-6-8-16(17)19-18-13/h5-9,11H,4,10H2,1-3H3,(H2,17,19). The molecule has 0 radical (unpaired) electrons. The normalized spacial score (nSPS) is 10.7. The molecule has 1 aromatic heterocycles. The van der Waals surface area contributed by atoms with Crippen molar-refractivity contribution in [3.8, 4) is 22.8 Å². The molecular weight excluding hydrogens is 266 g/mol. The first-order chi connectivity index (χ1) is 10.1. The van der Waals surface area contributed by atoms with Gasteiger partial charge in [-0.15, -0.1) is 10.2 Å². The van der Waals surface area contributed by atoms with Crippen molar-refractivity contribution in [3.63, 3.8) is 0 Å². The van der Waals surface area contributed by atoms with E-state index in [1.54, 1.807) is 6.07 Å². The van der Waals surface area contributed by atoms with Crippen LogP contribution in [0.3, 0.4) is 0 Å². The van der Waals surface area contributed by atoms with E-state index in [0.29, 0.717) is 24.9 Å². The first kappa shape index (κ1) is 15.1. The number of hydrogen-bond donors (Lipinski definition) is 1. The van der Waals surface area contributed by atoms with E-state index >= 15 is 0 Å². The topological polar surface area (TPSA) is 70.3 Å².